The summed E-state index contributed by atoms with van der Waals surface area (Å²) < 4.78 is 0. The van der Waals surface area contributed by atoms with Gasteiger partial charge >= 0.3 is 5.97 Å². The van der Waals surface area contributed by atoms with Gasteiger partial charge < -0.3 is 10.2 Å². The minimum atomic E-state index is -1.21. The summed E-state index contributed by atoms with van der Waals surface area (Å²) in [6.07, 6.45) is 0. The van der Waals surface area contributed by atoms with Crippen LogP contribution >= 0.6 is 11.6 Å². The highest BCUT2D eigenvalue weighted by molar-refractivity contribution is 6.30. The number of aromatic hydroxyl groups is 1. The largest absolute Gasteiger partial charge is 0.507 e. The van der Waals surface area contributed by atoms with Crippen LogP contribution in [-0.2, 0) is 0 Å². The number of rotatable bonds is 3. The summed E-state index contributed by atoms with van der Waals surface area (Å²) >= 11 is 5.86. The highest BCUT2D eigenvalue weighted by Crippen LogP contribution is 2.30. The molecule has 0 aromatic heterocycles. The topological polar surface area (TPSA) is 82.2 Å². The van der Waals surface area contributed by atoms with Gasteiger partial charge in [0, 0.05) is 5.02 Å². The van der Waals surface area contributed by atoms with Gasteiger partial charge in [-0.05, 0) is 55.3 Å². The SMILES string of the molecule is Cc1cc(Cl)ccc1N=Nc1cc(C)c(O)c(C(=O)O)c1. The highest BCUT2D eigenvalue weighted by Gasteiger charge is 2.13. The van der Waals surface area contributed by atoms with Gasteiger partial charge in [-0.2, -0.15) is 10.2 Å². The zero-order chi connectivity index (χ0) is 15.6. The number of azo groups is 1. The van der Waals surface area contributed by atoms with Crippen molar-refractivity contribution in [3.8, 4) is 5.75 Å². The number of carboxylic acids is 1. The summed E-state index contributed by atoms with van der Waals surface area (Å²) in [4.78, 5) is 11.0. The molecular formula is C15H13ClN2O3. The number of aromatic carboxylic acids is 1. The number of aryl methyl sites for hydroxylation is 2. The Morgan fingerprint density at radius 2 is 1.81 bits per heavy atom. The van der Waals surface area contributed by atoms with E-state index in [4.69, 9.17) is 16.7 Å². The lowest BCUT2D eigenvalue weighted by Crippen LogP contribution is -1.97. The van der Waals surface area contributed by atoms with Crippen LogP contribution in [0.1, 0.15) is 21.5 Å². The molecule has 0 heterocycles. The molecule has 2 rings (SSSR count). The number of phenols is 1. The first-order valence-electron chi connectivity index (χ1n) is 6.13. The first-order valence-corrected chi connectivity index (χ1v) is 6.51. The summed E-state index contributed by atoms with van der Waals surface area (Å²) in [6, 6.07) is 8.04. The summed E-state index contributed by atoms with van der Waals surface area (Å²) in [5, 5.41) is 27.4. The van der Waals surface area contributed by atoms with E-state index in [1.165, 1.54) is 6.07 Å². The maximum atomic E-state index is 11.0. The number of halogens is 1. The van der Waals surface area contributed by atoms with E-state index in [1.807, 2.05) is 6.92 Å². The minimum Gasteiger partial charge on any atom is -0.507 e. The van der Waals surface area contributed by atoms with Crippen molar-refractivity contribution < 1.29 is 15.0 Å². The lowest BCUT2D eigenvalue weighted by atomic mass is 10.1. The quantitative estimate of drug-likeness (QED) is 0.801. The second-order valence-corrected chi connectivity index (χ2v) is 5.03. The van der Waals surface area contributed by atoms with Gasteiger partial charge in [-0.1, -0.05) is 11.6 Å². The van der Waals surface area contributed by atoms with E-state index in [-0.39, 0.29) is 11.3 Å². The second-order valence-electron chi connectivity index (χ2n) is 4.59. The van der Waals surface area contributed by atoms with Crippen molar-refractivity contribution in [2.45, 2.75) is 13.8 Å². The maximum absolute atomic E-state index is 11.0. The number of hydrogen-bond donors (Lipinski definition) is 2. The van der Waals surface area contributed by atoms with Crippen LogP contribution in [0.3, 0.4) is 0 Å². The van der Waals surface area contributed by atoms with E-state index in [0.29, 0.717) is 22.0 Å². The van der Waals surface area contributed by atoms with Crippen LogP contribution in [0.25, 0.3) is 0 Å². The van der Waals surface area contributed by atoms with Crippen LogP contribution in [-0.4, -0.2) is 16.2 Å². The smallest absolute Gasteiger partial charge is 0.339 e. The van der Waals surface area contributed by atoms with Crippen molar-refractivity contribution in [1.29, 1.82) is 0 Å². The molecule has 0 radical (unpaired) electrons. The first kappa shape index (κ1) is 15.0. The molecular weight excluding hydrogens is 292 g/mol. The maximum Gasteiger partial charge on any atom is 0.339 e. The van der Waals surface area contributed by atoms with Crippen molar-refractivity contribution in [3.63, 3.8) is 0 Å². The molecule has 108 valence electrons. The van der Waals surface area contributed by atoms with E-state index in [1.54, 1.807) is 31.2 Å². The minimum absolute atomic E-state index is 0.197. The molecule has 0 aliphatic rings. The van der Waals surface area contributed by atoms with Crippen LogP contribution in [0, 0.1) is 13.8 Å². The summed E-state index contributed by atoms with van der Waals surface area (Å²) in [5.74, 6) is -1.47. The molecule has 6 heteroatoms. The van der Waals surface area contributed by atoms with E-state index in [2.05, 4.69) is 10.2 Å². The number of carboxylic acid groups (broad SMARTS) is 1. The Labute approximate surface area is 126 Å². The van der Waals surface area contributed by atoms with E-state index < -0.39 is 5.97 Å². The number of carbonyl (C=O) groups is 1. The Morgan fingerprint density at radius 1 is 1.10 bits per heavy atom. The van der Waals surface area contributed by atoms with Crippen molar-refractivity contribution in [2.24, 2.45) is 10.2 Å². The Kier molecular flexibility index (Phi) is 4.23. The standard InChI is InChI=1S/C15H13ClN2O3/c1-8-5-10(16)3-4-13(8)18-17-11-6-9(2)14(19)12(7-11)15(20)21/h3-7,19H,1-2H3,(H,20,21). The summed E-state index contributed by atoms with van der Waals surface area (Å²) in [5.41, 5.74) is 2.09. The van der Waals surface area contributed by atoms with Gasteiger partial charge in [0.25, 0.3) is 0 Å². The molecule has 0 bridgehead atoms. The van der Waals surface area contributed by atoms with Gasteiger partial charge in [0.15, 0.2) is 0 Å². The van der Waals surface area contributed by atoms with E-state index >= 15 is 0 Å². The zero-order valence-electron chi connectivity index (χ0n) is 11.5. The van der Waals surface area contributed by atoms with E-state index in [9.17, 15) is 9.90 Å². The Morgan fingerprint density at radius 3 is 2.43 bits per heavy atom. The summed E-state index contributed by atoms with van der Waals surface area (Å²) in [7, 11) is 0. The number of nitrogens with zero attached hydrogens (tertiary/aromatic N) is 2. The van der Waals surface area contributed by atoms with Gasteiger partial charge in [-0.3, -0.25) is 0 Å². The van der Waals surface area contributed by atoms with Crippen molar-refractivity contribution in [1.82, 2.24) is 0 Å². The molecule has 5 nitrogen and oxygen atoms in total. The third-order valence-corrected chi connectivity index (χ3v) is 3.18. The average Bonchev–Trinajstić information content (AvgIpc) is 2.41. The molecule has 0 aliphatic carbocycles. The molecule has 2 aromatic rings. The molecule has 0 aliphatic heterocycles. The summed E-state index contributed by atoms with van der Waals surface area (Å²) in [6.45, 7) is 3.46. The monoisotopic (exact) mass is 304 g/mol. The van der Waals surface area contributed by atoms with Gasteiger partial charge in [-0.25, -0.2) is 4.79 Å². The fourth-order valence-corrected chi connectivity index (χ4v) is 2.05. The van der Waals surface area contributed by atoms with Crippen molar-refractivity contribution in [2.75, 3.05) is 0 Å². The molecule has 2 aromatic carbocycles. The van der Waals surface area contributed by atoms with Crippen LogP contribution in [0.4, 0.5) is 11.4 Å². The van der Waals surface area contributed by atoms with Crippen LogP contribution < -0.4 is 0 Å². The molecule has 0 unspecified atom stereocenters. The fraction of sp³-hybridized carbons (Fsp3) is 0.133. The molecule has 0 spiro atoms. The third-order valence-electron chi connectivity index (χ3n) is 2.95. The van der Waals surface area contributed by atoms with E-state index in [0.717, 1.165) is 5.56 Å². The average molecular weight is 305 g/mol. The van der Waals surface area contributed by atoms with Gasteiger partial charge in [0.1, 0.15) is 11.3 Å². The van der Waals surface area contributed by atoms with Gasteiger partial charge in [0.2, 0.25) is 0 Å². The fourth-order valence-electron chi connectivity index (χ4n) is 1.82. The Hall–Kier alpha value is -2.40. The van der Waals surface area contributed by atoms with Crippen molar-refractivity contribution in [3.05, 3.63) is 52.0 Å². The predicted molar refractivity (Wildman–Crippen MR) is 80.2 cm³/mol. The molecule has 0 atom stereocenters. The van der Waals surface area contributed by atoms with Crippen LogP contribution in [0.2, 0.25) is 5.02 Å². The normalized spacial score (nSPS) is 11.0. The van der Waals surface area contributed by atoms with Crippen LogP contribution in [0.15, 0.2) is 40.6 Å². The molecule has 2 N–H and O–H groups in total. The zero-order valence-corrected chi connectivity index (χ0v) is 12.2. The van der Waals surface area contributed by atoms with Gasteiger partial charge in [0.05, 0.1) is 11.4 Å². The highest BCUT2D eigenvalue weighted by atomic mass is 35.5. The molecule has 0 amide bonds. The number of hydrogen-bond acceptors (Lipinski definition) is 4. The van der Waals surface area contributed by atoms with Crippen LogP contribution in [0.5, 0.6) is 5.75 Å². The third kappa shape index (κ3) is 3.38. The predicted octanol–water partition coefficient (Wildman–Crippen LogP) is 4.78. The first-order chi connectivity index (χ1) is 9.88. The molecule has 0 fully saturated rings. The number of benzene rings is 2. The Bertz CT molecular complexity index is 742. The lowest BCUT2D eigenvalue weighted by Gasteiger charge is -2.04. The lowest BCUT2D eigenvalue weighted by molar-refractivity contribution is 0.0693. The Balaban J connectivity index is 2.39. The second kappa shape index (κ2) is 5.93. The van der Waals surface area contributed by atoms with Crippen molar-refractivity contribution >= 4 is 28.9 Å². The molecule has 0 saturated carbocycles. The van der Waals surface area contributed by atoms with Gasteiger partial charge in [-0.15, -0.1) is 0 Å². The molecule has 21 heavy (non-hydrogen) atoms. The molecule has 0 saturated heterocycles.